The topological polar surface area (TPSA) is 41.5 Å². The molecule has 0 bridgehead atoms. The molecule has 1 unspecified atom stereocenters. The molecule has 4 heteroatoms. The highest BCUT2D eigenvalue weighted by atomic mass is 19.1. The summed E-state index contributed by atoms with van der Waals surface area (Å²) in [4.78, 5) is 0. The van der Waals surface area contributed by atoms with Crippen molar-refractivity contribution in [3.05, 3.63) is 65.5 Å². The first-order valence-corrected chi connectivity index (χ1v) is 7.05. The van der Waals surface area contributed by atoms with Crippen LogP contribution in [0.1, 0.15) is 24.2 Å². The van der Waals surface area contributed by atoms with E-state index in [0.717, 1.165) is 11.3 Å². The van der Waals surface area contributed by atoms with Gasteiger partial charge in [-0.1, -0.05) is 30.3 Å². The van der Waals surface area contributed by atoms with Crippen molar-refractivity contribution in [3.8, 4) is 5.75 Å². The van der Waals surface area contributed by atoms with Crippen molar-refractivity contribution in [2.45, 2.75) is 19.6 Å². The average molecular weight is 289 g/mol. The van der Waals surface area contributed by atoms with E-state index in [1.165, 1.54) is 6.07 Å². The summed E-state index contributed by atoms with van der Waals surface area (Å²) < 4.78 is 18.9. The maximum atomic E-state index is 13.5. The van der Waals surface area contributed by atoms with E-state index in [4.69, 9.17) is 4.74 Å². The SMILES string of the molecule is CCOc1ccc(CNCC(O)c2ccccc2F)cc1. The maximum Gasteiger partial charge on any atom is 0.129 e. The monoisotopic (exact) mass is 289 g/mol. The molecule has 0 heterocycles. The highest BCUT2D eigenvalue weighted by Gasteiger charge is 2.11. The van der Waals surface area contributed by atoms with Crippen LogP contribution in [0.25, 0.3) is 0 Å². The van der Waals surface area contributed by atoms with Crippen LogP contribution in [0.2, 0.25) is 0 Å². The number of halogens is 1. The van der Waals surface area contributed by atoms with E-state index < -0.39 is 6.10 Å². The quantitative estimate of drug-likeness (QED) is 0.823. The van der Waals surface area contributed by atoms with Gasteiger partial charge in [0.2, 0.25) is 0 Å². The molecule has 0 amide bonds. The van der Waals surface area contributed by atoms with Crippen LogP contribution in [0.15, 0.2) is 48.5 Å². The number of nitrogens with one attached hydrogen (secondary N) is 1. The maximum absolute atomic E-state index is 13.5. The van der Waals surface area contributed by atoms with Crippen LogP contribution in [0.4, 0.5) is 4.39 Å². The number of aliphatic hydroxyl groups is 1. The first-order valence-electron chi connectivity index (χ1n) is 7.05. The van der Waals surface area contributed by atoms with E-state index in [0.29, 0.717) is 25.3 Å². The Balaban J connectivity index is 1.82. The van der Waals surface area contributed by atoms with Crippen molar-refractivity contribution < 1.29 is 14.2 Å². The number of hydrogen-bond donors (Lipinski definition) is 2. The van der Waals surface area contributed by atoms with Crippen LogP contribution in [0.5, 0.6) is 5.75 Å². The number of hydrogen-bond acceptors (Lipinski definition) is 3. The van der Waals surface area contributed by atoms with Crippen LogP contribution in [0.3, 0.4) is 0 Å². The molecule has 3 nitrogen and oxygen atoms in total. The van der Waals surface area contributed by atoms with Gasteiger partial charge < -0.3 is 15.2 Å². The molecule has 112 valence electrons. The van der Waals surface area contributed by atoms with Gasteiger partial charge in [0, 0.05) is 18.7 Å². The zero-order chi connectivity index (χ0) is 15.1. The van der Waals surface area contributed by atoms with Gasteiger partial charge >= 0.3 is 0 Å². The van der Waals surface area contributed by atoms with Crippen molar-refractivity contribution >= 4 is 0 Å². The molecular weight excluding hydrogens is 269 g/mol. The fourth-order valence-electron chi connectivity index (χ4n) is 2.08. The fourth-order valence-corrected chi connectivity index (χ4v) is 2.08. The normalized spacial score (nSPS) is 12.1. The zero-order valence-corrected chi connectivity index (χ0v) is 12.1. The van der Waals surface area contributed by atoms with Crippen molar-refractivity contribution in [1.29, 1.82) is 0 Å². The molecule has 0 aliphatic heterocycles. The lowest BCUT2D eigenvalue weighted by atomic mass is 10.1. The summed E-state index contributed by atoms with van der Waals surface area (Å²) in [6.07, 6.45) is -0.853. The first-order chi connectivity index (χ1) is 10.2. The third kappa shape index (κ3) is 4.55. The van der Waals surface area contributed by atoms with Gasteiger partial charge in [-0.25, -0.2) is 4.39 Å². The Morgan fingerprint density at radius 3 is 2.52 bits per heavy atom. The van der Waals surface area contributed by atoms with Gasteiger partial charge in [0.25, 0.3) is 0 Å². The number of rotatable bonds is 7. The van der Waals surface area contributed by atoms with E-state index in [1.54, 1.807) is 18.2 Å². The summed E-state index contributed by atoms with van der Waals surface area (Å²) >= 11 is 0. The second-order valence-electron chi connectivity index (χ2n) is 4.75. The van der Waals surface area contributed by atoms with Crippen molar-refractivity contribution in [2.24, 2.45) is 0 Å². The largest absolute Gasteiger partial charge is 0.494 e. The Morgan fingerprint density at radius 1 is 1.14 bits per heavy atom. The molecule has 0 spiro atoms. The van der Waals surface area contributed by atoms with Gasteiger partial charge in [-0.15, -0.1) is 0 Å². The summed E-state index contributed by atoms with van der Waals surface area (Å²) in [7, 11) is 0. The molecular formula is C17H20FNO2. The molecule has 0 aliphatic rings. The molecule has 0 aliphatic carbocycles. The van der Waals surface area contributed by atoms with Crippen molar-refractivity contribution in [3.63, 3.8) is 0 Å². The standard InChI is InChI=1S/C17H20FNO2/c1-2-21-14-9-7-13(8-10-14)11-19-12-17(20)15-5-3-4-6-16(15)18/h3-10,17,19-20H,2,11-12H2,1H3. The minimum atomic E-state index is -0.853. The Labute approximate surface area is 124 Å². The van der Waals surface area contributed by atoms with Crippen LogP contribution < -0.4 is 10.1 Å². The van der Waals surface area contributed by atoms with Crippen LogP contribution in [-0.2, 0) is 6.54 Å². The van der Waals surface area contributed by atoms with Crippen molar-refractivity contribution in [1.82, 2.24) is 5.32 Å². The Bertz CT molecular complexity index is 557. The van der Waals surface area contributed by atoms with Gasteiger partial charge in [-0.2, -0.15) is 0 Å². The lowest BCUT2D eigenvalue weighted by Crippen LogP contribution is -2.21. The van der Waals surface area contributed by atoms with E-state index in [9.17, 15) is 9.50 Å². The van der Waals surface area contributed by atoms with Crippen LogP contribution in [0, 0.1) is 5.82 Å². The molecule has 2 aromatic rings. The molecule has 2 N–H and O–H groups in total. The Kier molecular flexibility index (Phi) is 5.72. The molecule has 21 heavy (non-hydrogen) atoms. The van der Waals surface area contributed by atoms with Gasteiger partial charge in [-0.05, 0) is 30.7 Å². The summed E-state index contributed by atoms with van der Waals surface area (Å²) in [6.45, 7) is 3.50. The number of ether oxygens (including phenoxy) is 1. The smallest absolute Gasteiger partial charge is 0.129 e. The van der Waals surface area contributed by atoms with E-state index in [1.807, 2.05) is 31.2 Å². The Morgan fingerprint density at radius 2 is 1.86 bits per heavy atom. The first kappa shape index (κ1) is 15.5. The Hall–Kier alpha value is -1.91. The van der Waals surface area contributed by atoms with E-state index in [2.05, 4.69) is 5.32 Å². The van der Waals surface area contributed by atoms with Gasteiger partial charge in [0.15, 0.2) is 0 Å². The van der Waals surface area contributed by atoms with E-state index >= 15 is 0 Å². The molecule has 0 aromatic heterocycles. The van der Waals surface area contributed by atoms with Crippen LogP contribution in [-0.4, -0.2) is 18.3 Å². The molecule has 0 fully saturated rings. The summed E-state index contributed by atoms with van der Waals surface area (Å²) in [5.41, 5.74) is 1.40. The van der Waals surface area contributed by atoms with Gasteiger partial charge in [-0.3, -0.25) is 0 Å². The number of benzene rings is 2. The predicted molar refractivity (Wildman–Crippen MR) is 80.7 cm³/mol. The van der Waals surface area contributed by atoms with Gasteiger partial charge in [0.1, 0.15) is 11.6 Å². The molecule has 0 radical (unpaired) electrons. The lowest BCUT2D eigenvalue weighted by molar-refractivity contribution is 0.169. The second kappa shape index (κ2) is 7.76. The molecule has 2 aromatic carbocycles. The summed E-state index contributed by atoms with van der Waals surface area (Å²) in [6, 6.07) is 14.0. The highest BCUT2D eigenvalue weighted by Crippen LogP contribution is 2.16. The third-order valence-electron chi connectivity index (χ3n) is 3.17. The summed E-state index contributed by atoms with van der Waals surface area (Å²) in [5, 5.41) is 13.1. The minimum absolute atomic E-state index is 0.300. The van der Waals surface area contributed by atoms with Gasteiger partial charge in [0.05, 0.1) is 12.7 Å². The molecule has 2 rings (SSSR count). The van der Waals surface area contributed by atoms with Crippen molar-refractivity contribution in [2.75, 3.05) is 13.2 Å². The van der Waals surface area contributed by atoms with E-state index in [-0.39, 0.29) is 5.82 Å². The lowest BCUT2D eigenvalue weighted by Gasteiger charge is -2.13. The minimum Gasteiger partial charge on any atom is -0.494 e. The predicted octanol–water partition coefficient (Wildman–Crippen LogP) is 3.05. The fraction of sp³-hybridized carbons (Fsp3) is 0.294. The molecule has 0 saturated carbocycles. The molecule has 0 saturated heterocycles. The highest BCUT2D eigenvalue weighted by molar-refractivity contribution is 5.27. The van der Waals surface area contributed by atoms with Crippen LogP contribution >= 0.6 is 0 Å². The molecule has 1 atom stereocenters. The zero-order valence-electron chi connectivity index (χ0n) is 12.1. The third-order valence-corrected chi connectivity index (χ3v) is 3.17. The second-order valence-corrected chi connectivity index (χ2v) is 4.75. The number of aliphatic hydroxyl groups excluding tert-OH is 1. The summed E-state index contributed by atoms with van der Waals surface area (Å²) in [5.74, 6) is 0.459. The average Bonchev–Trinajstić information content (AvgIpc) is 2.49.